The molecule has 8 heteroatoms. The molecular formula is C12H14N4O4. The van der Waals surface area contributed by atoms with Crippen LogP contribution in [0.3, 0.4) is 0 Å². The standard InChI is InChI=1S/C12H14N4O4/c1-2-10(8-3-4-8)13-14-11-6-5-9(15(17)18)7-12(11)16(19)20/h5-8,14H,2-4H2,1H3/b13-10-. The second-order valence-corrected chi connectivity index (χ2v) is 4.56. The number of anilines is 1. The average Bonchev–Trinajstić information content (AvgIpc) is 3.23. The smallest absolute Gasteiger partial charge is 0.272 e. The van der Waals surface area contributed by atoms with Crippen molar-refractivity contribution in [3.05, 3.63) is 38.4 Å². The lowest BCUT2D eigenvalue weighted by Gasteiger charge is -2.05. The number of non-ortho nitro benzene ring substituents is 1. The van der Waals surface area contributed by atoms with Gasteiger partial charge in [-0.3, -0.25) is 25.7 Å². The molecule has 0 amide bonds. The van der Waals surface area contributed by atoms with Crippen LogP contribution < -0.4 is 5.43 Å². The van der Waals surface area contributed by atoms with Gasteiger partial charge in [0.25, 0.3) is 5.69 Å². The van der Waals surface area contributed by atoms with E-state index in [4.69, 9.17) is 0 Å². The van der Waals surface area contributed by atoms with Crippen molar-refractivity contribution in [1.82, 2.24) is 0 Å². The predicted octanol–water partition coefficient (Wildman–Crippen LogP) is 3.09. The van der Waals surface area contributed by atoms with Crippen molar-refractivity contribution in [2.24, 2.45) is 11.0 Å². The van der Waals surface area contributed by atoms with Crippen LogP contribution in [0.2, 0.25) is 0 Å². The van der Waals surface area contributed by atoms with Crippen LogP contribution in [-0.2, 0) is 0 Å². The van der Waals surface area contributed by atoms with Gasteiger partial charge in [-0.25, -0.2) is 0 Å². The van der Waals surface area contributed by atoms with E-state index in [1.807, 2.05) is 6.92 Å². The number of nitro groups is 2. The number of rotatable bonds is 6. The van der Waals surface area contributed by atoms with Crippen LogP contribution in [-0.4, -0.2) is 15.6 Å². The molecule has 0 atom stereocenters. The monoisotopic (exact) mass is 278 g/mol. The van der Waals surface area contributed by atoms with Gasteiger partial charge in [0.2, 0.25) is 0 Å². The Morgan fingerprint density at radius 1 is 1.35 bits per heavy atom. The van der Waals surface area contributed by atoms with Crippen LogP contribution in [0.1, 0.15) is 26.2 Å². The van der Waals surface area contributed by atoms with Gasteiger partial charge in [0.05, 0.1) is 15.9 Å². The molecule has 1 N–H and O–H groups in total. The highest BCUT2D eigenvalue weighted by Gasteiger charge is 2.26. The van der Waals surface area contributed by atoms with Gasteiger partial charge in [0.1, 0.15) is 5.69 Å². The number of nitro benzene ring substituents is 2. The average molecular weight is 278 g/mol. The fourth-order valence-electron chi connectivity index (χ4n) is 1.89. The zero-order valence-corrected chi connectivity index (χ0v) is 10.9. The quantitative estimate of drug-likeness (QED) is 0.488. The van der Waals surface area contributed by atoms with Gasteiger partial charge in [-0.2, -0.15) is 5.10 Å². The van der Waals surface area contributed by atoms with Crippen molar-refractivity contribution >= 4 is 22.8 Å². The summed E-state index contributed by atoms with van der Waals surface area (Å²) in [5.74, 6) is 0.463. The van der Waals surface area contributed by atoms with Crippen molar-refractivity contribution in [3.63, 3.8) is 0 Å². The molecule has 0 bridgehead atoms. The fraction of sp³-hybridized carbons (Fsp3) is 0.417. The summed E-state index contributed by atoms with van der Waals surface area (Å²) in [5.41, 5.74) is 3.12. The van der Waals surface area contributed by atoms with Crippen molar-refractivity contribution < 1.29 is 9.85 Å². The number of hydrazone groups is 1. The SMILES string of the molecule is CC/C(=N/Nc1ccc([N+](=O)[O-])cc1[N+](=O)[O-])C1CC1. The number of hydrogen-bond donors (Lipinski definition) is 1. The molecule has 1 fully saturated rings. The minimum atomic E-state index is -0.665. The van der Waals surface area contributed by atoms with E-state index in [1.54, 1.807) is 0 Å². The van der Waals surface area contributed by atoms with Crippen molar-refractivity contribution in [1.29, 1.82) is 0 Å². The van der Waals surface area contributed by atoms with Crippen LogP contribution in [0.25, 0.3) is 0 Å². The lowest BCUT2D eigenvalue weighted by atomic mass is 10.2. The van der Waals surface area contributed by atoms with Gasteiger partial charge in [-0.15, -0.1) is 0 Å². The largest absolute Gasteiger partial charge is 0.301 e. The molecule has 0 spiro atoms. The van der Waals surface area contributed by atoms with Gasteiger partial charge in [-0.05, 0) is 31.2 Å². The molecule has 0 radical (unpaired) electrons. The van der Waals surface area contributed by atoms with Crippen LogP contribution in [0.4, 0.5) is 17.1 Å². The summed E-state index contributed by atoms with van der Waals surface area (Å²) >= 11 is 0. The number of benzene rings is 1. The summed E-state index contributed by atoms with van der Waals surface area (Å²) in [6.45, 7) is 1.98. The van der Waals surface area contributed by atoms with Crippen LogP contribution in [0, 0.1) is 26.1 Å². The molecule has 1 aliphatic carbocycles. The van der Waals surface area contributed by atoms with Crippen LogP contribution >= 0.6 is 0 Å². The van der Waals surface area contributed by atoms with Gasteiger partial charge < -0.3 is 0 Å². The normalized spacial score (nSPS) is 14.9. The summed E-state index contributed by atoms with van der Waals surface area (Å²) < 4.78 is 0. The van der Waals surface area contributed by atoms with Gasteiger partial charge in [0.15, 0.2) is 0 Å². The molecule has 1 saturated carbocycles. The first-order valence-corrected chi connectivity index (χ1v) is 6.28. The van der Waals surface area contributed by atoms with E-state index in [1.165, 1.54) is 12.1 Å². The second-order valence-electron chi connectivity index (χ2n) is 4.56. The highest BCUT2D eigenvalue weighted by atomic mass is 16.6. The maximum Gasteiger partial charge on any atom is 0.301 e. The minimum absolute atomic E-state index is 0.159. The zero-order chi connectivity index (χ0) is 14.7. The molecule has 0 aromatic heterocycles. The topological polar surface area (TPSA) is 111 Å². The Hall–Kier alpha value is -2.51. The van der Waals surface area contributed by atoms with Crippen LogP contribution in [0.15, 0.2) is 23.3 Å². The number of nitrogens with zero attached hydrogens (tertiary/aromatic N) is 3. The van der Waals surface area contributed by atoms with E-state index >= 15 is 0 Å². The fourth-order valence-corrected chi connectivity index (χ4v) is 1.89. The first-order valence-electron chi connectivity index (χ1n) is 6.28. The van der Waals surface area contributed by atoms with E-state index in [9.17, 15) is 20.2 Å². The minimum Gasteiger partial charge on any atom is -0.272 e. The third-order valence-electron chi connectivity index (χ3n) is 3.12. The summed E-state index contributed by atoms with van der Waals surface area (Å²) in [5, 5.41) is 25.8. The van der Waals surface area contributed by atoms with E-state index in [0.29, 0.717) is 5.92 Å². The Morgan fingerprint density at radius 3 is 2.55 bits per heavy atom. The molecule has 106 valence electrons. The maximum atomic E-state index is 11.0. The van der Waals surface area contributed by atoms with E-state index < -0.39 is 9.85 Å². The summed E-state index contributed by atoms with van der Waals surface area (Å²) in [6.07, 6.45) is 2.96. The molecule has 0 aliphatic heterocycles. The van der Waals surface area contributed by atoms with E-state index in [0.717, 1.165) is 31.0 Å². The molecule has 20 heavy (non-hydrogen) atoms. The van der Waals surface area contributed by atoms with Crippen molar-refractivity contribution in [2.45, 2.75) is 26.2 Å². The van der Waals surface area contributed by atoms with Gasteiger partial charge in [0, 0.05) is 11.8 Å². The van der Waals surface area contributed by atoms with E-state index in [-0.39, 0.29) is 17.1 Å². The second kappa shape index (κ2) is 5.64. The molecule has 8 nitrogen and oxygen atoms in total. The summed E-state index contributed by atoms with van der Waals surface area (Å²) in [6, 6.07) is 3.45. The molecular weight excluding hydrogens is 264 g/mol. The Balaban J connectivity index is 2.26. The number of nitrogens with one attached hydrogen (secondary N) is 1. The Kier molecular flexibility index (Phi) is 3.92. The predicted molar refractivity (Wildman–Crippen MR) is 73.8 cm³/mol. The Bertz CT molecular complexity index is 581. The zero-order valence-electron chi connectivity index (χ0n) is 10.9. The highest BCUT2D eigenvalue weighted by molar-refractivity contribution is 5.89. The molecule has 2 rings (SSSR count). The Labute approximate surface area is 114 Å². The third-order valence-corrected chi connectivity index (χ3v) is 3.12. The first kappa shape index (κ1) is 13.9. The first-order chi connectivity index (χ1) is 9.52. The van der Waals surface area contributed by atoms with Crippen molar-refractivity contribution in [3.8, 4) is 0 Å². The molecule has 0 heterocycles. The Morgan fingerprint density at radius 2 is 2.05 bits per heavy atom. The molecule has 0 unspecified atom stereocenters. The summed E-state index contributed by atoms with van der Waals surface area (Å²) in [7, 11) is 0. The third kappa shape index (κ3) is 3.08. The van der Waals surface area contributed by atoms with Gasteiger partial charge >= 0.3 is 5.69 Å². The van der Waals surface area contributed by atoms with Crippen LogP contribution in [0.5, 0.6) is 0 Å². The lowest BCUT2D eigenvalue weighted by Crippen LogP contribution is -2.04. The molecule has 1 aromatic rings. The van der Waals surface area contributed by atoms with E-state index in [2.05, 4.69) is 10.5 Å². The summed E-state index contributed by atoms with van der Waals surface area (Å²) in [4.78, 5) is 20.3. The molecule has 1 aromatic carbocycles. The highest BCUT2D eigenvalue weighted by Crippen LogP contribution is 2.33. The van der Waals surface area contributed by atoms with Crippen molar-refractivity contribution in [2.75, 3.05) is 5.43 Å². The maximum absolute atomic E-state index is 11.0. The number of hydrogen-bond acceptors (Lipinski definition) is 6. The van der Waals surface area contributed by atoms with Gasteiger partial charge in [-0.1, -0.05) is 6.92 Å². The lowest BCUT2D eigenvalue weighted by molar-refractivity contribution is -0.393. The molecule has 1 aliphatic rings. The molecule has 0 saturated heterocycles.